The molecule has 1 aromatic rings. The van der Waals surface area contributed by atoms with E-state index in [0.29, 0.717) is 12.1 Å². The van der Waals surface area contributed by atoms with Crippen LogP contribution >= 0.6 is 0 Å². The maximum absolute atomic E-state index is 12.9. The van der Waals surface area contributed by atoms with E-state index in [1.165, 1.54) is 0 Å². The van der Waals surface area contributed by atoms with Crippen LogP contribution in [0.1, 0.15) is 5.56 Å². The van der Waals surface area contributed by atoms with Crippen molar-refractivity contribution in [2.45, 2.75) is 12.1 Å². The molecule has 0 heterocycles. The third-order valence-corrected chi connectivity index (χ3v) is 1.95. The highest BCUT2D eigenvalue weighted by Crippen LogP contribution is 2.45. The Morgan fingerprint density at radius 2 is 1.69 bits per heavy atom. The molecule has 0 unspecified atom stereocenters. The Kier molecular flexibility index (Phi) is 2.98. The lowest BCUT2D eigenvalue weighted by Crippen LogP contribution is -2.33. The largest absolute Gasteiger partial charge is 0.495 e. The SMILES string of the molecule is COc1cc(C(F)(F)C(F)(F)F)ccc1N. The van der Waals surface area contributed by atoms with Crippen LogP contribution < -0.4 is 10.5 Å². The molecule has 0 saturated carbocycles. The molecular weight excluding hydrogens is 233 g/mol. The highest BCUT2D eigenvalue weighted by atomic mass is 19.4. The molecule has 1 aromatic carbocycles. The minimum absolute atomic E-state index is 0.00998. The quantitative estimate of drug-likeness (QED) is 0.638. The molecule has 0 spiro atoms. The topological polar surface area (TPSA) is 35.2 Å². The summed E-state index contributed by atoms with van der Waals surface area (Å²) in [6.45, 7) is 0. The minimum Gasteiger partial charge on any atom is -0.495 e. The van der Waals surface area contributed by atoms with E-state index >= 15 is 0 Å². The van der Waals surface area contributed by atoms with Gasteiger partial charge in [0.15, 0.2) is 0 Å². The fourth-order valence-electron chi connectivity index (χ4n) is 1.07. The van der Waals surface area contributed by atoms with Gasteiger partial charge in [0.2, 0.25) is 0 Å². The molecular formula is C9H8F5NO. The molecule has 2 nitrogen and oxygen atoms in total. The van der Waals surface area contributed by atoms with Gasteiger partial charge in [-0.1, -0.05) is 6.07 Å². The number of anilines is 1. The predicted octanol–water partition coefficient (Wildman–Crippen LogP) is 2.93. The fourth-order valence-corrected chi connectivity index (χ4v) is 1.07. The van der Waals surface area contributed by atoms with Crippen molar-refractivity contribution in [3.05, 3.63) is 23.8 Å². The van der Waals surface area contributed by atoms with Crippen LogP contribution in [0, 0.1) is 0 Å². The second-order valence-corrected chi connectivity index (χ2v) is 3.03. The number of nitrogens with two attached hydrogens (primary N) is 1. The Balaban J connectivity index is 3.24. The van der Waals surface area contributed by atoms with Crippen molar-refractivity contribution in [3.8, 4) is 5.75 Å². The summed E-state index contributed by atoms with van der Waals surface area (Å²) in [5.41, 5.74) is 4.09. The molecule has 0 atom stereocenters. The fraction of sp³-hybridized carbons (Fsp3) is 0.333. The lowest BCUT2D eigenvalue weighted by atomic mass is 10.1. The zero-order chi connectivity index (χ0) is 12.6. The average molecular weight is 241 g/mol. The zero-order valence-electron chi connectivity index (χ0n) is 8.11. The third kappa shape index (κ3) is 2.02. The molecule has 0 aliphatic heterocycles. The Morgan fingerprint density at radius 3 is 2.12 bits per heavy atom. The Morgan fingerprint density at radius 1 is 1.12 bits per heavy atom. The monoisotopic (exact) mass is 241 g/mol. The molecule has 2 N–H and O–H groups in total. The standard InChI is InChI=1S/C9H8F5NO/c1-16-7-4-5(2-3-6(7)15)8(10,11)9(12,13)14/h2-4H,15H2,1H3. The lowest BCUT2D eigenvalue weighted by Gasteiger charge is -2.20. The second kappa shape index (κ2) is 3.80. The van der Waals surface area contributed by atoms with Gasteiger partial charge in [-0.05, 0) is 12.1 Å². The van der Waals surface area contributed by atoms with E-state index < -0.39 is 17.7 Å². The number of rotatable bonds is 2. The van der Waals surface area contributed by atoms with Crippen molar-refractivity contribution in [1.82, 2.24) is 0 Å². The first-order chi connectivity index (χ1) is 7.20. The lowest BCUT2D eigenvalue weighted by molar-refractivity contribution is -0.289. The third-order valence-electron chi connectivity index (χ3n) is 1.95. The van der Waals surface area contributed by atoms with Crippen molar-refractivity contribution in [1.29, 1.82) is 0 Å². The highest BCUT2D eigenvalue weighted by Gasteiger charge is 2.58. The Hall–Kier alpha value is -1.53. The predicted molar refractivity (Wildman–Crippen MR) is 47.4 cm³/mol. The Bertz CT molecular complexity index is 388. The summed E-state index contributed by atoms with van der Waals surface area (Å²) in [4.78, 5) is 0. The number of hydrogen-bond donors (Lipinski definition) is 1. The van der Waals surface area contributed by atoms with E-state index in [1.807, 2.05) is 0 Å². The molecule has 0 aliphatic rings. The van der Waals surface area contributed by atoms with Crippen LogP contribution in [-0.4, -0.2) is 13.3 Å². The van der Waals surface area contributed by atoms with Gasteiger partial charge in [0.1, 0.15) is 5.75 Å². The van der Waals surface area contributed by atoms with Crippen molar-refractivity contribution < 1.29 is 26.7 Å². The van der Waals surface area contributed by atoms with Gasteiger partial charge in [0.05, 0.1) is 12.8 Å². The summed E-state index contributed by atoms with van der Waals surface area (Å²) >= 11 is 0. The van der Waals surface area contributed by atoms with E-state index in [0.717, 1.165) is 13.2 Å². The van der Waals surface area contributed by atoms with Crippen LogP contribution in [0.5, 0.6) is 5.75 Å². The van der Waals surface area contributed by atoms with Crippen molar-refractivity contribution in [2.24, 2.45) is 0 Å². The van der Waals surface area contributed by atoms with E-state index in [4.69, 9.17) is 5.73 Å². The van der Waals surface area contributed by atoms with Crippen LogP contribution in [0.2, 0.25) is 0 Å². The number of benzene rings is 1. The molecule has 0 aromatic heterocycles. The summed E-state index contributed by atoms with van der Waals surface area (Å²) in [5, 5.41) is 0. The van der Waals surface area contributed by atoms with Gasteiger partial charge < -0.3 is 10.5 Å². The smallest absolute Gasteiger partial charge is 0.458 e. The van der Waals surface area contributed by atoms with Crippen LogP contribution in [0.3, 0.4) is 0 Å². The van der Waals surface area contributed by atoms with Crippen LogP contribution in [0.4, 0.5) is 27.6 Å². The number of ether oxygens (including phenoxy) is 1. The maximum atomic E-state index is 12.9. The molecule has 0 saturated heterocycles. The highest BCUT2D eigenvalue weighted by molar-refractivity contribution is 5.54. The van der Waals surface area contributed by atoms with Gasteiger partial charge in [-0.15, -0.1) is 0 Å². The first-order valence-corrected chi connectivity index (χ1v) is 4.08. The molecule has 90 valence electrons. The van der Waals surface area contributed by atoms with Gasteiger partial charge in [-0.2, -0.15) is 22.0 Å². The summed E-state index contributed by atoms with van der Waals surface area (Å²) in [7, 11) is 1.13. The van der Waals surface area contributed by atoms with Crippen LogP contribution in [-0.2, 0) is 5.92 Å². The van der Waals surface area contributed by atoms with Crippen molar-refractivity contribution in [3.63, 3.8) is 0 Å². The first-order valence-electron chi connectivity index (χ1n) is 4.08. The van der Waals surface area contributed by atoms with Gasteiger partial charge in [0, 0.05) is 5.56 Å². The normalized spacial score (nSPS) is 12.6. The summed E-state index contributed by atoms with van der Waals surface area (Å²) < 4.78 is 66.4. The van der Waals surface area contributed by atoms with E-state index in [-0.39, 0.29) is 11.4 Å². The summed E-state index contributed by atoms with van der Waals surface area (Å²) in [5.74, 6) is -5.14. The first kappa shape index (κ1) is 12.5. The average Bonchev–Trinajstić information content (AvgIpc) is 2.16. The second-order valence-electron chi connectivity index (χ2n) is 3.03. The number of hydrogen-bond acceptors (Lipinski definition) is 2. The number of nitrogen functional groups attached to an aromatic ring is 1. The van der Waals surface area contributed by atoms with Gasteiger partial charge in [0.25, 0.3) is 0 Å². The van der Waals surface area contributed by atoms with Gasteiger partial charge in [-0.3, -0.25) is 0 Å². The number of halogens is 5. The van der Waals surface area contributed by atoms with Crippen LogP contribution in [0.25, 0.3) is 0 Å². The van der Waals surface area contributed by atoms with Crippen molar-refractivity contribution in [2.75, 3.05) is 12.8 Å². The summed E-state index contributed by atoms with van der Waals surface area (Å²) in [6, 6.07) is 2.13. The number of alkyl halides is 5. The van der Waals surface area contributed by atoms with E-state index in [1.54, 1.807) is 0 Å². The van der Waals surface area contributed by atoms with E-state index in [9.17, 15) is 22.0 Å². The molecule has 16 heavy (non-hydrogen) atoms. The molecule has 0 aliphatic carbocycles. The Labute approximate surface area is 87.8 Å². The van der Waals surface area contributed by atoms with Gasteiger partial charge in [-0.25, -0.2) is 0 Å². The molecule has 7 heteroatoms. The molecule has 0 bridgehead atoms. The molecule has 0 amide bonds. The zero-order valence-corrected chi connectivity index (χ0v) is 8.11. The van der Waals surface area contributed by atoms with Crippen LogP contribution in [0.15, 0.2) is 18.2 Å². The molecule has 0 radical (unpaired) electrons. The van der Waals surface area contributed by atoms with E-state index in [2.05, 4.69) is 4.74 Å². The molecule has 0 fully saturated rings. The maximum Gasteiger partial charge on any atom is 0.458 e. The van der Waals surface area contributed by atoms with Crippen molar-refractivity contribution >= 4 is 5.69 Å². The number of methoxy groups -OCH3 is 1. The summed E-state index contributed by atoms with van der Waals surface area (Å²) in [6.07, 6.45) is -5.64. The minimum atomic E-state index is -5.64. The molecule has 1 rings (SSSR count). The van der Waals surface area contributed by atoms with Gasteiger partial charge >= 0.3 is 12.1 Å².